The second-order valence-electron chi connectivity index (χ2n) is 6.69. The Labute approximate surface area is 166 Å². The molecule has 0 radical (unpaired) electrons. The topological polar surface area (TPSA) is 79.6 Å². The maximum absolute atomic E-state index is 12.4. The summed E-state index contributed by atoms with van der Waals surface area (Å²) in [6.45, 7) is 5.72. The molecule has 0 bridgehead atoms. The molecule has 1 amide bonds. The molecule has 0 aliphatic carbocycles. The molecule has 1 saturated heterocycles. The maximum atomic E-state index is 12.4. The van der Waals surface area contributed by atoms with Crippen molar-refractivity contribution in [2.75, 3.05) is 18.0 Å². The first-order valence-corrected chi connectivity index (χ1v) is 9.27. The van der Waals surface area contributed by atoms with Crippen molar-refractivity contribution in [3.8, 4) is 0 Å². The summed E-state index contributed by atoms with van der Waals surface area (Å²) in [7, 11) is 0. The third-order valence-electron chi connectivity index (χ3n) is 4.33. The van der Waals surface area contributed by atoms with Crippen LogP contribution in [0.3, 0.4) is 0 Å². The average molecular weight is 411 g/mol. The van der Waals surface area contributed by atoms with Crippen LogP contribution in [0, 0.1) is 0 Å². The third-order valence-corrected chi connectivity index (χ3v) is 4.33. The van der Waals surface area contributed by atoms with Gasteiger partial charge in [0.05, 0.1) is 0 Å². The van der Waals surface area contributed by atoms with Gasteiger partial charge in [0.25, 0.3) is 5.56 Å². The standard InChI is InChI=1S/C19H24F3N5O2/c1-14(9-10-23-15(2)19(20,21)22)24-17(28)13-27-18(29)8-7-16(25-27)26-11-5-3-4-6-12-26/h7-10H,1,3-6,11-13H2,2H3,(H,24,28)/b10-9-,23-15?. The molecule has 29 heavy (non-hydrogen) atoms. The lowest BCUT2D eigenvalue weighted by atomic mass is 10.2. The number of carbonyl (C=O) groups excluding carboxylic acids is 1. The first-order valence-electron chi connectivity index (χ1n) is 9.27. The first kappa shape index (κ1) is 22.4. The molecule has 1 aromatic heterocycles. The molecule has 1 aliphatic rings. The van der Waals surface area contributed by atoms with Gasteiger partial charge in [-0.15, -0.1) is 0 Å². The Hall–Kier alpha value is -2.91. The van der Waals surface area contributed by atoms with Crippen LogP contribution in [0.25, 0.3) is 0 Å². The van der Waals surface area contributed by atoms with Crippen LogP contribution in [0.5, 0.6) is 0 Å². The van der Waals surface area contributed by atoms with E-state index in [2.05, 4.69) is 26.9 Å². The third kappa shape index (κ3) is 7.20. The molecule has 1 aromatic rings. The van der Waals surface area contributed by atoms with Crippen LogP contribution in [-0.2, 0) is 11.3 Å². The lowest BCUT2D eigenvalue weighted by Gasteiger charge is -2.21. The largest absolute Gasteiger partial charge is 0.429 e. The van der Waals surface area contributed by atoms with E-state index in [1.54, 1.807) is 6.07 Å². The number of anilines is 1. The molecule has 0 aromatic carbocycles. The smallest absolute Gasteiger partial charge is 0.355 e. The van der Waals surface area contributed by atoms with Gasteiger partial charge < -0.3 is 10.2 Å². The van der Waals surface area contributed by atoms with Crippen LogP contribution in [0.1, 0.15) is 32.6 Å². The predicted molar refractivity (Wildman–Crippen MR) is 105 cm³/mol. The van der Waals surface area contributed by atoms with Gasteiger partial charge in [0.1, 0.15) is 18.1 Å². The highest BCUT2D eigenvalue weighted by molar-refractivity contribution is 5.87. The highest BCUT2D eigenvalue weighted by Gasteiger charge is 2.31. The van der Waals surface area contributed by atoms with Gasteiger partial charge in [-0.25, -0.2) is 4.68 Å². The summed E-state index contributed by atoms with van der Waals surface area (Å²) in [5.41, 5.74) is -1.40. The summed E-state index contributed by atoms with van der Waals surface area (Å²) in [6.07, 6.45) is 1.92. The lowest BCUT2D eigenvalue weighted by molar-refractivity contribution is -0.121. The van der Waals surface area contributed by atoms with E-state index in [-0.39, 0.29) is 12.2 Å². The van der Waals surface area contributed by atoms with Crippen molar-refractivity contribution in [2.24, 2.45) is 4.99 Å². The number of nitrogens with zero attached hydrogens (tertiary/aromatic N) is 4. The number of aliphatic imine (C=N–C) groups is 1. The van der Waals surface area contributed by atoms with E-state index in [0.29, 0.717) is 5.82 Å². The summed E-state index contributed by atoms with van der Waals surface area (Å²) in [5.74, 6) is 0.0637. The fraction of sp³-hybridized carbons (Fsp3) is 0.474. The summed E-state index contributed by atoms with van der Waals surface area (Å²) >= 11 is 0. The van der Waals surface area contributed by atoms with Crippen LogP contribution in [-0.4, -0.2) is 40.7 Å². The zero-order valence-electron chi connectivity index (χ0n) is 16.2. The van der Waals surface area contributed by atoms with Gasteiger partial charge in [-0.2, -0.15) is 18.3 Å². The van der Waals surface area contributed by atoms with Crippen LogP contribution >= 0.6 is 0 Å². The summed E-state index contributed by atoms with van der Waals surface area (Å²) in [5, 5.41) is 6.67. The van der Waals surface area contributed by atoms with Crippen molar-refractivity contribution < 1.29 is 18.0 Å². The van der Waals surface area contributed by atoms with Gasteiger partial charge in [-0.3, -0.25) is 14.6 Å². The molecule has 0 spiro atoms. The van der Waals surface area contributed by atoms with E-state index >= 15 is 0 Å². The van der Waals surface area contributed by atoms with Gasteiger partial charge in [-0.1, -0.05) is 19.4 Å². The summed E-state index contributed by atoms with van der Waals surface area (Å²) in [4.78, 5) is 29.5. The second-order valence-corrected chi connectivity index (χ2v) is 6.69. The molecule has 0 saturated carbocycles. The molecule has 2 heterocycles. The monoisotopic (exact) mass is 411 g/mol. The fourth-order valence-electron chi connectivity index (χ4n) is 2.73. The summed E-state index contributed by atoms with van der Waals surface area (Å²) < 4.78 is 38.1. The quantitative estimate of drug-likeness (QED) is 0.577. The van der Waals surface area contributed by atoms with Crippen LogP contribution in [0.4, 0.5) is 19.0 Å². The molecule has 1 fully saturated rings. The Morgan fingerprint density at radius 1 is 1.28 bits per heavy atom. The number of amides is 1. The van der Waals surface area contributed by atoms with Crippen LogP contribution in [0.15, 0.2) is 46.5 Å². The van der Waals surface area contributed by atoms with Crippen molar-refractivity contribution in [1.29, 1.82) is 0 Å². The van der Waals surface area contributed by atoms with Gasteiger partial charge in [-0.05, 0) is 31.9 Å². The number of carbonyl (C=O) groups is 1. The SMILES string of the molecule is C=C(/C=C\N=C(C)C(F)(F)F)NC(=O)Cn1nc(N2CCCCCC2)ccc1=O. The number of nitrogens with one attached hydrogen (secondary N) is 1. The molecule has 10 heteroatoms. The lowest BCUT2D eigenvalue weighted by Crippen LogP contribution is -2.34. The molecule has 1 N–H and O–H groups in total. The minimum atomic E-state index is -4.51. The van der Waals surface area contributed by atoms with Gasteiger partial charge in [0.15, 0.2) is 0 Å². The molecule has 2 rings (SSSR count). The van der Waals surface area contributed by atoms with Crippen molar-refractivity contribution in [3.63, 3.8) is 0 Å². The Kier molecular flexibility index (Phi) is 7.74. The van der Waals surface area contributed by atoms with Crippen molar-refractivity contribution in [1.82, 2.24) is 15.1 Å². The van der Waals surface area contributed by atoms with Crippen molar-refractivity contribution in [3.05, 3.63) is 47.0 Å². The minimum Gasteiger partial charge on any atom is -0.355 e. The first-order chi connectivity index (χ1) is 13.7. The van der Waals surface area contributed by atoms with E-state index in [1.807, 2.05) is 0 Å². The Morgan fingerprint density at radius 2 is 1.93 bits per heavy atom. The maximum Gasteiger partial charge on any atom is 0.429 e. The van der Waals surface area contributed by atoms with Gasteiger partial charge in [0, 0.05) is 31.1 Å². The minimum absolute atomic E-state index is 0.0467. The van der Waals surface area contributed by atoms with E-state index in [1.165, 1.54) is 6.07 Å². The molecule has 0 atom stereocenters. The number of halogens is 3. The highest BCUT2D eigenvalue weighted by atomic mass is 19.4. The molecule has 1 aliphatic heterocycles. The molecule has 0 unspecified atom stereocenters. The Morgan fingerprint density at radius 3 is 2.55 bits per heavy atom. The number of hydrogen-bond acceptors (Lipinski definition) is 5. The second kappa shape index (κ2) is 10.0. The number of alkyl halides is 3. The zero-order chi connectivity index (χ0) is 21.4. The average Bonchev–Trinajstić information content (AvgIpc) is 2.92. The van der Waals surface area contributed by atoms with Crippen LogP contribution in [0.2, 0.25) is 0 Å². The Bertz CT molecular complexity index is 850. The molecular formula is C19H24F3N5O2. The number of hydrogen-bond donors (Lipinski definition) is 1. The molecular weight excluding hydrogens is 387 g/mol. The molecule has 158 valence electrons. The van der Waals surface area contributed by atoms with E-state index in [0.717, 1.165) is 62.7 Å². The van der Waals surface area contributed by atoms with Gasteiger partial charge in [0.2, 0.25) is 5.91 Å². The fourth-order valence-corrected chi connectivity index (χ4v) is 2.73. The number of aromatic nitrogens is 2. The Balaban J connectivity index is 1.98. The predicted octanol–water partition coefficient (Wildman–Crippen LogP) is 2.79. The normalized spacial score (nSPS) is 16.0. The summed E-state index contributed by atoms with van der Waals surface area (Å²) in [6, 6.07) is 3.01. The van der Waals surface area contributed by atoms with Crippen molar-refractivity contribution in [2.45, 2.75) is 45.3 Å². The zero-order valence-corrected chi connectivity index (χ0v) is 16.2. The van der Waals surface area contributed by atoms with E-state index in [9.17, 15) is 22.8 Å². The van der Waals surface area contributed by atoms with Gasteiger partial charge >= 0.3 is 6.18 Å². The van der Waals surface area contributed by atoms with Crippen molar-refractivity contribution >= 4 is 17.4 Å². The molecule has 7 nitrogen and oxygen atoms in total. The van der Waals surface area contributed by atoms with E-state index in [4.69, 9.17) is 0 Å². The van der Waals surface area contributed by atoms with E-state index < -0.39 is 23.4 Å². The number of rotatable bonds is 6. The van der Waals surface area contributed by atoms with Crippen LogP contribution < -0.4 is 15.8 Å². The highest BCUT2D eigenvalue weighted by Crippen LogP contribution is 2.17. The number of allylic oxidation sites excluding steroid dienone is 1.